The lowest BCUT2D eigenvalue weighted by molar-refractivity contribution is -0.116. The Morgan fingerprint density at radius 1 is 1.18 bits per heavy atom. The first-order valence-electron chi connectivity index (χ1n) is 6.68. The molecule has 2 rings (SSSR count). The standard InChI is InChI=1S/C16H17N3O3/c1-11(20)19(2)14-9-5-4-8-13(14)18-15(21)12-7-6-10-17-16(12)22-3/h4-10H,1-3H3,(H,18,21). The average Bonchev–Trinajstić information content (AvgIpc) is 2.54. The zero-order chi connectivity index (χ0) is 16.1. The summed E-state index contributed by atoms with van der Waals surface area (Å²) in [5.41, 5.74) is 1.48. The molecule has 1 aromatic carbocycles. The number of pyridine rings is 1. The van der Waals surface area contributed by atoms with Crippen LogP contribution in [0.1, 0.15) is 17.3 Å². The van der Waals surface area contributed by atoms with Crippen LogP contribution in [0.3, 0.4) is 0 Å². The van der Waals surface area contributed by atoms with E-state index in [0.29, 0.717) is 16.9 Å². The van der Waals surface area contributed by atoms with Crippen molar-refractivity contribution in [1.29, 1.82) is 0 Å². The Hall–Kier alpha value is -2.89. The van der Waals surface area contributed by atoms with Gasteiger partial charge in [-0.15, -0.1) is 0 Å². The van der Waals surface area contributed by atoms with Crippen LogP contribution in [0, 0.1) is 0 Å². The second-order valence-corrected chi connectivity index (χ2v) is 4.61. The number of amides is 2. The highest BCUT2D eigenvalue weighted by molar-refractivity contribution is 6.08. The number of anilines is 2. The highest BCUT2D eigenvalue weighted by Crippen LogP contribution is 2.26. The molecule has 0 aliphatic heterocycles. The van der Waals surface area contributed by atoms with E-state index in [0.717, 1.165) is 0 Å². The molecule has 0 spiro atoms. The van der Waals surface area contributed by atoms with Gasteiger partial charge in [-0.2, -0.15) is 0 Å². The molecule has 0 saturated carbocycles. The molecule has 2 aromatic rings. The Kier molecular flexibility index (Phi) is 4.73. The Morgan fingerprint density at radius 3 is 2.59 bits per heavy atom. The largest absolute Gasteiger partial charge is 0.480 e. The number of rotatable bonds is 4. The Balaban J connectivity index is 2.31. The molecule has 22 heavy (non-hydrogen) atoms. The molecule has 0 unspecified atom stereocenters. The maximum Gasteiger partial charge on any atom is 0.261 e. The maximum atomic E-state index is 12.4. The SMILES string of the molecule is COc1ncccc1C(=O)Nc1ccccc1N(C)C(C)=O. The molecule has 0 bridgehead atoms. The van der Waals surface area contributed by atoms with Gasteiger partial charge in [0.2, 0.25) is 11.8 Å². The van der Waals surface area contributed by atoms with Crippen molar-refractivity contribution in [2.75, 3.05) is 24.4 Å². The van der Waals surface area contributed by atoms with Crippen LogP contribution < -0.4 is 15.0 Å². The Bertz CT molecular complexity index is 701. The highest BCUT2D eigenvalue weighted by atomic mass is 16.5. The zero-order valence-electron chi connectivity index (χ0n) is 12.7. The molecule has 1 heterocycles. The molecule has 6 nitrogen and oxygen atoms in total. The first-order valence-corrected chi connectivity index (χ1v) is 6.68. The summed E-state index contributed by atoms with van der Waals surface area (Å²) in [5, 5.41) is 2.78. The van der Waals surface area contributed by atoms with Crippen molar-refractivity contribution >= 4 is 23.2 Å². The van der Waals surface area contributed by atoms with Crippen LogP contribution in [0.25, 0.3) is 0 Å². The highest BCUT2D eigenvalue weighted by Gasteiger charge is 2.16. The molecule has 1 N–H and O–H groups in total. The predicted octanol–water partition coefficient (Wildman–Crippen LogP) is 2.33. The fraction of sp³-hybridized carbons (Fsp3) is 0.188. The summed E-state index contributed by atoms with van der Waals surface area (Å²) in [4.78, 5) is 29.4. The monoisotopic (exact) mass is 299 g/mol. The summed E-state index contributed by atoms with van der Waals surface area (Å²) in [6, 6.07) is 10.4. The topological polar surface area (TPSA) is 71.5 Å². The Morgan fingerprint density at radius 2 is 1.91 bits per heavy atom. The van der Waals surface area contributed by atoms with Gasteiger partial charge in [-0.1, -0.05) is 12.1 Å². The van der Waals surface area contributed by atoms with Gasteiger partial charge in [0, 0.05) is 20.2 Å². The van der Waals surface area contributed by atoms with Crippen molar-refractivity contribution in [3.63, 3.8) is 0 Å². The minimum Gasteiger partial charge on any atom is -0.480 e. The summed E-state index contributed by atoms with van der Waals surface area (Å²) >= 11 is 0. The third kappa shape index (κ3) is 3.22. The number of para-hydroxylation sites is 2. The summed E-state index contributed by atoms with van der Waals surface area (Å²) in [7, 11) is 3.11. The first kappa shape index (κ1) is 15.5. The van der Waals surface area contributed by atoms with Crippen molar-refractivity contribution in [1.82, 2.24) is 4.98 Å². The summed E-state index contributed by atoms with van der Waals surface area (Å²) in [6.07, 6.45) is 1.55. The number of carbonyl (C=O) groups excluding carboxylic acids is 2. The summed E-state index contributed by atoms with van der Waals surface area (Å²) in [5.74, 6) is -0.229. The number of methoxy groups -OCH3 is 1. The van der Waals surface area contributed by atoms with Crippen LogP contribution in [0.2, 0.25) is 0 Å². The number of hydrogen-bond acceptors (Lipinski definition) is 4. The van der Waals surface area contributed by atoms with E-state index >= 15 is 0 Å². The van der Waals surface area contributed by atoms with Crippen LogP contribution >= 0.6 is 0 Å². The van der Waals surface area contributed by atoms with Crippen LogP contribution in [-0.4, -0.2) is 31.0 Å². The van der Waals surface area contributed by atoms with E-state index in [2.05, 4.69) is 10.3 Å². The summed E-state index contributed by atoms with van der Waals surface area (Å²) < 4.78 is 5.08. The van der Waals surface area contributed by atoms with Crippen LogP contribution in [0.15, 0.2) is 42.6 Å². The first-order chi connectivity index (χ1) is 10.5. The van der Waals surface area contributed by atoms with Gasteiger partial charge < -0.3 is 15.0 Å². The Labute approximate surface area is 128 Å². The van der Waals surface area contributed by atoms with Crippen LogP contribution in [0.5, 0.6) is 5.88 Å². The third-order valence-corrected chi connectivity index (χ3v) is 3.20. The lowest BCUT2D eigenvalue weighted by Gasteiger charge is -2.19. The van der Waals surface area contributed by atoms with Crippen LogP contribution in [0.4, 0.5) is 11.4 Å². The fourth-order valence-electron chi connectivity index (χ4n) is 1.96. The van der Waals surface area contributed by atoms with E-state index in [1.54, 1.807) is 49.6 Å². The van der Waals surface area contributed by atoms with Crippen molar-refractivity contribution in [2.24, 2.45) is 0 Å². The molecule has 0 radical (unpaired) electrons. The van der Waals surface area contributed by atoms with Gasteiger partial charge >= 0.3 is 0 Å². The lowest BCUT2D eigenvalue weighted by atomic mass is 10.2. The van der Waals surface area contributed by atoms with E-state index in [1.165, 1.54) is 18.9 Å². The average molecular weight is 299 g/mol. The molecule has 0 saturated heterocycles. The normalized spacial score (nSPS) is 9.95. The molecule has 1 aromatic heterocycles. The van der Waals surface area contributed by atoms with Crippen molar-refractivity contribution in [3.05, 3.63) is 48.2 Å². The van der Waals surface area contributed by atoms with Crippen LogP contribution in [-0.2, 0) is 4.79 Å². The van der Waals surface area contributed by atoms with E-state index < -0.39 is 0 Å². The van der Waals surface area contributed by atoms with Gasteiger partial charge in [-0.3, -0.25) is 9.59 Å². The van der Waals surface area contributed by atoms with E-state index in [9.17, 15) is 9.59 Å². The van der Waals surface area contributed by atoms with Gasteiger partial charge in [0.25, 0.3) is 5.91 Å². The molecule has 6 heteroatoms. The molecule has 0 fully saturated rings. The van der Waals surface area contributed by atoms with Gasteiger partial charge in [-0.05, 0) is 24.3 Å². The lowest BCUT2D eigenvalue weighted by Crippen LogP contribution is -2.25. The molecule has 2 amide bonds. The quantitative estimate of drug-likeness (QED) is 0.940. The number of aromatic nitrogens is 1. The van der Waals surface area contributed by atoms with Crippen molar-refractivity contribution < 1.29 is 14.3 Å². The van der Waals surface area contributed by atoms with Gasteiger partial charge in [0.15, 0.2) is 0 Å². The molecular weight excluding hydrogens is 282 g/mol. The van der Waals surface area contributed by atoms with Gasteiger partial charge in [0.1, 0.15) is 5.56 Å². The second-order valence-electron chi connectivity index (χ2n) is 4.61. The second kappa shape index (κ2) is 6.71. The van der Waals surface area contributed by atoms with Crippen molar-refractivity contribution in [3.8, 4) is 5.88 Å². The van der Waals surface area contributed by atoms with Gasteiger partial charge in [0.05, 0.1) is 18.5 Å². The summed E-state index contributed by atoms with van der Waals surface area (Å²) in [6.45, 7) is 1.46. The number of ether oxygens (including phenoxy) is 1. The fourth-order valence-corrected chi connectivity index (χ4v) is 1.96. The number of carbonyl (C=O) groups is 2. The number of nitrogens with zero attached hydrogens (tertiary/aromatic N) is 2. The van der Waals surface area contributed by atoms with E-state index in [4.69, 9.17) is 4.74 Å². The van der Waals surface area contributed by atoms with Gasteiger partial charge in [-0.25, -0.2) is 4.98 Å². The minimum atomic E-state index is -0.352. The molecule has 0 atom stereocenters. The molecular formula is C16H17N3O3. The molecule has 0 aliphatic carbocycles. The smallest absolute Gasteiger partial charge is 0.261 e. The predicted molar refractivity (Wildman–Crippen MR) is 84.3 cm³/mol. The number of nitrogens with one attached hydrogen (secondary N) is 1. The minimum absolute atomic E-state index is 0.124. The molecule has 0 aliphatic rings. The maximum absolute atomic E-state index is 12.4. The number of benzene rings is 1. The third-order valence-electron chi connectivity index (χ3n) is 3.20. The van der Waals surface area contributed by atoms with E-state index in [-0.39, 0.29) is 17.7 Å². The molecule has 114 valence electrons. The van der Waals surface area contributed by atoms with Crippen molar-refractivity contribution in [2.45, 2.75) is 6.92 Å². The van der Waals surface area contributed by atoms with E-state index in [1.807, 2.05) is 0 Å². The zero-order valence-corrected chi connectivity index (χ0v) is 12.7. The number of hydrogen-bond donors (Lipinski definition) is 1.